The summed E-state index contributed by atoms with van der Waals surface area (Å²) in [4.78, 5) is 83.3. The first-order valence-electron chi connectivity index (χ1n) is 18.6. The summed E-state index contributed by atoms with van der Waals surface area (Å²) in [5.41, 5.74) is 23.5. The molecule has 0 radical (unpaired) electrons. The zero-order valence-electron chi connectivity index (χ0n) is 32.2. The fraction of sp³-hybridized carbons (Fsp3) is 0.500. The molecule has 15 N–H and O–H groups in total. The van der Waals surface area contributed by atoms with Gasteiger partial charge in [-0.1, -0.05) is 62.7 Å². The third-order valence-electron chi connectivity index (χ3n) is 8.79. The summed E-state index contributed by atoms with van der Waals surface area (Å²) in [5.74, 6) is -5.50. The van der Waals surface area contributed by atoms with E-state index in [1.165, 1.54) is 19.1 Å². The second-order valence-electron chi connectivity index (χ2n) is 13.9. The lowest BCUT2D eigenvalue weighted by molar-refractivity contribution is -0.142. The van der Waals surface area contributed by atoms with Gasteiger partial charge in [0.1, 0.15) is 36.0 Å². The molecule has 0 aliphatic heterocycles. The number of carboxylic acid groups (broad SMARTS) is 1. The van der Waals surface area contributed by atoms with E-state index in [9.17, 15) is 39.0 Å². The zero-order chi connectivity index (χ0) is 41.8. The van der Waals surface area contributed by atoms with Crippen molar-refractivity contribution in [3.63, 3.8) is 0 Å². The Balaban J connectivity index is 2.28. The van der Waals surface area contributed by atoms with Crippen LogP contribution in [-0.2, 0) is 41.6 Å². The number of carbonyl (C=O) groups excluding carboxylic acids is 5. The topological polar surface area (TPSA) is 319 Å². The zero-order valence-corrected chi connectivity index (χ0v) is 32.2. The molecule has 0 bridgehead atoms. The van der Waals surface area contributed by atoms with Crippen molar-refractivity contribution >= 4 is 41.5 Å². The standard InChI is InChI=1S/C38H58N10O8/c1-22(2)31(48-34(52)28(13-9-19-43-38(41)42)45-32(50)23(3)44-33(51)27(40)12-7-8-18-39)36(54)46-29(20-25-14-16-26(49)17-15-25)35(53)47-30(37(55)56)21-24-10-5-4-6-11-24/h4-6,10-11,14-17,22-23,27-31,49H,7-9,12-13,18-21,39-40H2,1-3H3,(H,44,51)(H,45,50)(H,46,54)(H,47,53)(H,48,52)(H,55,56)(H4,41,42,43). The average molecular weight is 783 g/mol. The summed E-state index contributed by atoms with van der Waals surface area (Å²) < 4.78 is 0. The van der Waals surface area contributed by atoms with Crippen LogP contribution in [0.1, 0.15) is 64.0 Å². The number of aromatic hydroxyl groups is 1. The maximum Gasteiger partial charge on any atom is 0.326 e. The number of guanidine groups is 1. The molecule has 5 amide bonds. The quantitative estimate of drug-likeness (QED) is 0.0343. The first-order valence-corrected chi connectivity index (χ1v) is 18.6. The highest BCUT2D eigenvalue weighted by Gasteiger charge is 2.33. The summed E-state index contributed by atoms with van der Waals surface area (Å²) in [6, 6.07) is 7.64. The smallest absolute Gasteiger partial charge is 0.326 e. The van der Waals surface area contributed by atoms with Crippen LogP contribution < -0.4 is 49.5 Å². The number of carbonyl (C=O) groups is 6. The van der Waals surface area contributed by atoms with Gasteiger partial charge in [-0.2, -0.15) is 0 Å². The fourth-order valence-corrected chi connectivity index (χ4v) is 5.54. The number of benzene rings is 2. The van der Waals surface area contributed by atoms with E-state index < -0.39 is 77.7 Å². The van der Waals surface area contributed by atoms with Gasteiger partial charge in [-0.25, -0.2) is 4.79 Å². The highest BCUT2D eigenvalue weighted by molar-refractivity contribution is 5.96. The molecule has 0 aliphatic rings. The first kappa shape index (κ1) is 46.4. The lowest BCUT2D eigenvalue weighted by Gasteiger charge is -2.28. The number of nitrogens with two attached hydrogens (primary N) is 4. The SMILES string of the molecule is CC(NC(=O)C(N)CCCCN)C(=O)NC(CCCN=C(N)N)C(=O)NC(C(=O)NC(Cc1ccc(O)cc1)C(=O)NC(Cc1ccccc1)C(=O)O)C(C)C. The first-order chi connectivity index (χ1) is 26.5. The molecule has 56 heavy (non-hydrogen) atoms. The van der Waals surface area contributed by atoms with Crippen LogP contribution >= 0.6 is 0 Å². The van der Waals surface area contributed by atoms with Crippen molar-refractivity contribution in [2.75, 3.05) is 13.1 Å². The lowest BCUT2D eigenvalue weighted by Crippen LogP contribution is -2.60. The van der Waals surface area contributed by atoms with Crippen molar-refractivity contribution in [2.24, 2.45) is 33.8 Å². The molecule has 0 fully saturated rings. The molecule has 18 heteroatoms. The summed E-state index contributed by atoms with van der Waals surface area (Å²) in [6.45, 7) is 5.36. The van der Waals surface area contributed by atoms with Gasteiger partial charge in [-0.15, -0.1) is 0 Å². The monoisotopic (exact) mass is 782 g/mol. The molecule has 0 aromatic heterocycles. The second-order valence-corrected chi connectivity index (χ2v) is 13.9. The molecule has 0 aliphatic carbocycles. The van der Waals surface area contributed by atoms with Crippen LogP contribution in [0.3, 0.4) is 0 Å². The van der Waals surface area contributed by atoms with Crippen LogP contribution in [0.5, 0.6) is 5.75 Å². The Hall–Kier alpha value is -5.75. The van der Waals surface area contributed by atoms with E-state index in [0.717, 1.165) is 0 Å². The van der Waals surface area contributed by atoms with E-state index in [2.05, 4.69) is 31.6 Å². The van der Waals surface area contributed by atoms with Crippen molar-refractivity contribution in [3.05, 3.63) is 65.7 Å². The Morgan fingerprint density at radius 2 is 1.23 bits per heavy atom. The number of aliphatic carboxylic acids is 1. The van der Waals surface area contributed by atoms with Gasteiger partial charge in [-0.05, 0) is 68.3 Å². The number of unbranched alkanes of at least 4 members (excludes halogenated alkanes) is 1. The molecule has 2 aromatic carbocycles. The maximum atomic E-state index is 13.9. The third-order valence-corrected chi connectivity index (χ3v) is 8.79. The van der Waals surface area contributed by atoms with E-state index in [1.54, 1.807) is 56.3 Å². The summed E-state index contributed by atoms with van der Waals surface area (Å²) in [5, 5.41) is 32.8. The molecule has 0 saturated heterocycles. The molecule has 308 valence electrons. The number of carboxylic acids is 1. The number of phenolic OH excluding ortho intramolecular Hbond substituents is 1. The highest BCUT2D eigenvalue weighted by Crippen LogP contribution is 2.13. The largest absolute Gasteiger partial charge is 0.508 e. The number of rotatable bonds is 24. The predicted octanol–water partition coefficient (Wildman–Crippen LogP) is -1.13. The van der Waals surface area contributed by atoms with Gasteiger partial charge in [0.05, 0.1) is 6.04 Å². The number of nitrogens with one attached hydrogen (secondary N) is 5. The summed E-state index contributed by atoms with van der Waals surface area (Å²) in [6.07, 6.45) is 1.89. The van der Waals surface area contributed by atoms with E-state index in [-0.39, 0.29) is 43.9 Å². The Kier molecular flexibility index (Phi) is 19.8. The lowest BCUT2D eigenvalue weighted by atomic mass is 9.99. The number of hydrogen-bond acceptors (Lipinski definition) is 10. The number of phenols is 1. The minimum absolute atomic E-state index is 0.0196. The molecular weight excluding hydrogens is 724 g/mol. The van der Waals surface area contributed by atoms with E-state index in [0.29, 0.717) is 36.9 Å². The van der Waals surface area contributed by atoms with Crippen molar-refractivity contribution in [3.8, 4) is 5.75 Å². The van der Waals surface area contributed by atoms with Crippen molar-refractivity contribution in [1.82, 2.24) is 26.6 Å². The molecule has 0 heterocycles. The summed E-state index contributed by atoms with van der Waals surface area (Å²) in [7, 11) is 0. The third kappa shape index (κ3) is 16.7. The average Bonchev–Trinajstić information content (AvgIpc) is 3.15. The van der Waals surface area contributed by atoms with Gasteiger partial charge in [0, 0.05) is 19.4 Å². The van der Waals surface area contributed by atoms with E-state index in [4.69, 9.17) is 22.9 Å². The van der Waals surface area contributed by atoms with Gasteiger partial charge in [0.15, 0.2) is 5.96 Å². The molecule has 18 nitrogen and oxygen atoms in total. The second kappa shape index (κ2) is 23.9. The highest BCUT2D eigenvalue weighted by atomic mass is 16.4. The molecule has 6 unspecified atom stereocenters. The van der Waals surface area contributed by atoms with Crippen LogP contribution in [0.2, 0.25) is 0 Å². The minimum Gasteiger partial charge on any atom is -0.508 e. The normalized spacial score (nSPS) is 14.2. The molecule has 6 atom stereocenters. The molecular formula is C38H58N10O8. The van der Waals surface area contributed by atoms with Gasteiger partial charge in [0.25, 0.3) is 0 Å². The predicted molar refractivity (Wildman–Crippen MR) is 211 cm³/mol. The number of nitrogens with zero attached hydrogens (tertiary/aromatic N) is 1. The number of hydrogen-bond donors (Lipinski definition) is 11. The van der Waals surface area contributed by atoms with E-state index >= 15 is 0 Å². The molecule has 2 rings (SSSR count). The van der Waals surface area contributed by atoms with Crippen LogP contribution in [0, 0.1) is 5.92 Å². The van der Waals surface area contributed by atoms with Crippen LogP contribution in [0.4, 0.5) is 0 Å². The minimum atomic E-state index is -1.33. The van der Waals surface area contributed by atoms with Gasteiger partial charge >= 0.3 is 5.97 Å². The van der Waals surface area contributed by atoms with Gasteiger partial charge < -0.3 is 59.7 Å². The van der Waals surface area contributed by atoms with Gasteiger partial charge in [-0.3, -0.25) is 29.0 Å². The fourth-order valence-electron chi connectivity index (χ4n) is 5.54. The van der Waals surface area contributed by atoms with E-state index in [1.807, 2.05) is 0 Å². The Morgan fingerprint density at radius 1 is 0.661 bits per heavy atom. The maximum absolute atomic E-state index is 13.9. The Morgan fingerprint density at radius 3 is 1.82 bits per heavy atom. The number of aliphatic imine (C=N–C) groups is 1. The number of amides is 5. The Labute approximate surface area is 327 Å². The molecule has 0 spiro atoms. The van der Waals surface area contributed by atoms with Crippen LogP contribution in [0.15, 0.2) is 59.6 Å². The van der Waals surface area contributed by atoms with Gasteiger partial charge in [0.2, 0.25) is 29.5 Å². The van der Waals surface area contributed by atoms with Crippen LogP contribution in [-0.4, -0.2) is 101 Å². The Bertz CT molecular complexity index is 1620. The van der Waals surface area contributed by atoms with Crippen molar-refractivity contribution in [1.29, 1.82) is 0 Å². The molecule has 2 aromatic rings. The van der Waals surface area contributed by atoms with Crippen molar-refractivity contribution < 1.29 is 39.0 Å². The summed E-state index contributed by atoms with van der Waals surface area (Å²) >= 11 is 0. The molecule has 0 saturated carbocycles. The van der Waals surface area contributed by atoms with Crippen molar-refractivity contribution in [2.45, 2.75) is 102 Å². The van der Waals surface area contributed by atoms with Crippen LogP contribution in [0.25, 0.3) is 0 Å².